The molecule has 0 bridgehead atoms. The van der Waals surface area contributed by atoms with E-state index in [4.69, 9.17) is 0 Å². The molecular formula is C7H5N3O2. The molecule has 0 aromatic carbocycles. The maximum Gasteiger partial charge on any atom is 0.280 e. The predicted molar refractivity (Wildman–Crippen MR) is 38.5 cm³/mol. The minimum Gasteiger partial charge on any atom is -0.276 e. The van der Waals surface area contributed by atoms with E-state index >= 15 is 0 Å². The van der Waals surface area contributed by atoms with Crippen LogP contribution in [0.15, 0.2) is 12.5 Å². The van der Waals surface area contributed by atoms with Gasteiger partial charge in [0.2, 0.25) is 0 Å². The van der Waals surface area contributed by atoms with Crippen molar-refractivity contribution in [1.82, 2.24) is 14.9 Å². The van der Waals surface area contributed by atoms with Gasteiger partial charge in [-0.25, -0.2) is 9.97 Å². The molecule has 1 aromatic heterocycles. The Bertz CT molecular complexity index is 340. The molecule has 1 aliphatic rings. The van der Waals surface area contributed by atoms with Crippen LogP contribution in [-0.4, -0.2) is 33.7 Å². The monoisotopic (exact) mass is 163 g/mol. The standard InChI is InChI=1S/C7H5N3O2/c1-10-6(11)4-2-8-3-9-5(4)7(10)12/h2-3H,1H3. The van der Waals surface area contributed by atoms with Crippen LogP contribution in [0.25, 0.3) is 0 Å². The topological polar surface area (TPSA) is 63.2 Å². The molecule has 5 heteroatoms. The van der Waals surface area contributed by atoms with Crippen LogP contribution in [0.1, 0.15) is 20.8 Å². The molecule has 1 aromatic rings. The molecule has 0 unspecified atom stereocenters. The van der Waals surface area contributed by atoms with E-state index in [1.807, 2.05) is 0 Å². The number of hydrogen-bond acceptors (Lipinski definition) is 4. The van der Waals surface area contributed by atoms with Crippen molar-refractivity contribution in [1.29, 1.82) is 0 Å². The second-order valence-electron chi connectivity index (χ2n) is 2.45. The summed E-state index contributed by atoms with van der Waals surface area (Å²) in [6.07, 6.45) is 2.61. The molecule has 0 radical (unpaired) electrons. The number of imide groups is 1. The number of carbonyl (C=O) groups excluding carboxylic acids is 2. The van der Waals surface area contributed by atoms with Gasteiger partial charge in [-0.1, -0.05) is 0 Å². The van der Waals surface area contributed by atoms with Crippen molar-refractivity contribution >= 4 is 11.8 Å². The zero-order chi connectivity index (χ0) is 8.72. The van der Waals surface area contributed by atoms with E-state index in [1.54, 1.807) is 0 Å². The van der Waals surface area contributed by atoms with Gasteiger partial charge in [-0.15, -0.1) is 0 Å². The van der Waals surface area contributed by atoms with Gasteiger partial charge in [-0.05, 0) is 0 Å². The summed E-state index contributed by atoms with van der Waals surface area (Å²) in [4.78, 5) is 30.9. The maximum atomic E-state index is 11.2. The van der Waals surface area contributed by atoms with Crippen LogP contribution in [0.2, 0.25) is 0 Å². The number of amides is 2. The summed E-state index contributed by atoms with van der Waals surface area (Å²) in [6, 6.07) is 0. The van der Waals surface area contributed by atoms with Gasteiger partial charge in [0.15, 0.2) is 0 Å². The number of nitrogens with zero attached hydrogens (tertiary/aromatic N) is 3. The molecule has 0 fully saturated rings. The predicted octanol–water partition coefficient (Wildman–Crippen LogP) is -0.298. The van der Waals surface area contributed by atoms with E-state index in [0.29, 0.717) is 0 Å². The summed E-state index contributed by atoms with van der Waals surface area (Å²) in [7, 11) is 1.42. The fraction of sp³-hybridized carbons (Fsp3) is 0.143. The quantitative estimate of drug-likeness (QED) is 0.492. The maximum absolute atomic E-state index is 11.2. The Morgan fingerprint density at radius 1 is 1.33 bits per heavy atom. The average Bonchev–Trinajstić information content (AvgIpc) is 2.33. The summed E-state index contributed by atoms with van der Waals surface area (Å²) < 4.78 is 0. The first-order valence-electron chi connectivity index (χ1n) is 3.34. The minimum absolute atomic E-state index is 0.192. The van der Waals surface area contributed by atoms with Crippen LogP contribution in [-0.2, 0) is 0 Å². The second kappa shape index (κ2) is 2.10. The molecule has 0 aliphatic carbocycles. The normalized spacial score (nSPS) is 15.2. The number of rotatable bonds is 0. The Balaban J connectivity index is 2.67. The molecule has 0 atom stereocenters. The Hall–Kier alpha value is -1.78. The van der Waals surface area contributed by atoms with E-state index in [1.165, 1.54) is 19.6 Å². The van der Waals surface area contributed by atoms with Crippen molar-refractivity contribution in [2.45, 2.75) is 0 Å². The van der Waals surface area contributed by atoms with Crippen LogP contribution >= 0.6 is 0 Å². The average molecular weight is 163 g/mol. The molecule has 0 N–H and O–H groups in total. The smallest absolute Gasteiger partial charge is 0.276 e. The van der Waals surface area contributed by atoms with Crippen LogP contribution in [0, 0.1) is 0 Å². The zero-order valence-electron chi connectivity index (χ0n) is 6.31. The highest BCUT2D eigenvalue weighted by molar-refractivity contribution is 6.19. The van der Waals surface area contributed by atoms with Gasteiger partial charge in [-0.2, -0.15) is 0 Å². The third kappa shape index (κ3) is 0.674. The van der Waals surface area contributed by atoms with E-state index in [9.17, 15) is 9.59 Å². The third-order valence-corrected chi connectivity index (χ3v) is 1.75. The zero-order valence-corrected chi connectivity index (χ0v) is 6.31. The summed E-state index contributed by atoms with van der Waals surface area (Å²) in [5.41, 5.74) is 0.475. The molecule has 60 valence electrons. The van der Waals surface area contributed by atoms with E-state index in [2.05, 4.69) is 9.97 Å². The Morgan fingerprint density at radius 2 is 2.08 bits per heavy atom. The fourth-order valence-electron chi connectivity index (χ4n) is 1.09. The van der Waals surface area contributed by atoms with Crippen molar-refractivity contribution in [2.75, 3.05) is 7.05 Å². The first kappa shape index (κ1) is 6.90. The highest BCUT2D eigenvalue weighted by Crippen LogP contribution is 2.16. The third-order valence-electron chi connectivity index (χ3n) is 1.75. The number of carbonyl (C=O) groups is 2. The summed E-state index contributed by atoms with van der Waals surface area (Å²) in [5, 5.41) is 0. The summed E-state index contributed by atoms with van der Waals surface area (Å²) in [6.45, 7) is 0. The molecule has 2 amide bonds. The fourth-order valence-corrected chi connectivity index (χ4v) is 1.09. The molecular weight excluding hydrogens is 158 g/mol. The van der Waals surface area contributed by atoms with Gasteiger partial charge in [0.1, 0.15) is 12.0 Å². The molecule has 2 rings (SSSR count). The van der Waals surface area contributed by atoms with Crippen LogP contribution < -0.4 is 0 Å². The lowest BCUT2D eigenvalue weighted by Crippen LogP contribution is -2.24. The summed E-state index contributed by atoms with van der Waals surface area (Å²) >= 11 is 0. The van der Waals surface area contributed by atoms with E-state index in [0.717, 1.165) is 4.90 Å². The van der Waals surface area contributed by atoms with Gasteiger partial charge >= 0.3 is 0 Å². The van der Waals surface area contributed by atoms with E-state index < -0.39 is 0 Å². The molecule has 1 aliphatic heterocycles. The van der Waals surface area contributed by atoms with Gasteiger partial charge in [0.25, 0.3) is 11.8 Å². The molecule has 0 saturated carbocycles. The van der Waals surface area contributed by atoms with Gasteiger partial charge < -0.3 is 0 Å². The Kier molecular flexibility index (Phi) is 1.21. The van der Waals surface area contributed by atoms with Crippen LogP contribution in [0.5, 0.6) is 0 Å². The number of aromatic nitrogens is 2. The Morgan fingerprint density at radius 3 is 2.75 bits per heavy atom. The highest BCUT2D eigenvalue weighted by Gasteiger charge is 2.33. The minimum atomic E-state index is -0.364. The lowest BCUT2D eigenvalue weighted by atomic mass is 10.3. The largest absolute Gasteiger partial charge is 0.280 e. The Labute approximate surface area is 68.0 Å². The first-order valence-corrected chi connectivity index (χ1v) is 3.34. The van der Waals surface area contributed by atoms with Gasteiger partial charge in [-0.3, -0.25) is 14.5 Å². The lowest BCUT2D eigenvalue weighted by molar-refractivity contribution is 0.0691. The van der Waals surface area contributed by atoms with Crippen LogP contribution in [0.4, 0.5) is 0 Å². The molecule has 5 nitrogen and oxygen atoms in total. The lowest BCUT2D eigenvalue weighted by Gasteiger charge is -2.01. The van der Waals surface area contributed by atoms with Gasteiger partial charge in [0, 0.05) is 13.2 Å². The molecule has 2 heterocycles. The molecule has 0 saturated heterocycles. The van der Waals surface area contributed by atoms with Crippen molar-refractivity contribution in [3.63, 3.8) is 0 Å². The number of fused-ring (bicyclic) bond motifs is 1. The second-order valence-corrected chi connectivity index (χ2v) is 2.45. The van der Waals surface area contributed by atoms with E-state index in [-0.39, 0.29) is 23.1 Å². The van der Waals surface area contributed by atoms with Gasteiger partial charge in [0.05, 0.1) is 5.56 Å². The van der Waals surface area contributed by atoms with Crippen molar-refractivity contribution in [3.8, 4) is 0 Å². The highest BCUT2D eigenvalue weighted by atomic mass is 16.2. The SMILES string of the molecule is CN1C(=O)c2cncnc2C1=O. The first-order chi connectivity index (χ1) is 5.72. The summed E-state index contributed by atoms with van der Waals surface area (Å²) in [5.74, 6) is -0.701. The number of hydrogen-bond donors (Lipinski definition) is 0. The molecule has 12 heavy (non-hydrogen) atoms. The van der Waals surface area contributed by atoms with Crippen LogP contribution in [0.3, 0.4) is 0 Å². The molecule has 0 spiro atoms. The van der Waals surface area contributed by atoms with Crippen molar-refractivity contribution in [2.24, 2.45) is 0 Å². The van der Waals surface area contributed by atoms with Crippen molar-refractivity contribution < 1.29 is 9.59 Å². The van der Waals surface area contributed by atoms with Crippen molar-refractivity contribution in [3.05, 3.63) is 23.8 Å².